The number of hydrogen-bond acceptors (Lipinski definition) is 3. The van der Waals surface area contributed by atoms with Crippen LogP contribution in [0, 0.1) is 17.6 Å². The Morgan fingerprint density at radius 1 is 1.18 bits per heavy atom. The lowest BCUT2D eigenvalue weighted by Gasteiger charge is -2.20. The molecular formula is C15H17F2N3O2. The second kappa shape index (κ2) is 5.64. The number of carbonyl (C=O) groups excluding carboxylic acids is 2. The standard InChI is InChI=1S/C15H17F2N3O2/c16-12-2-1-10(7-13(12)17)20-6-4-11(15(20)22)14(21)19-5-3-9(18)8-19/h1-2,7,9,11H,3-6,8,18H2/t9-,11+/m0/s1. The number of benzene rings is 1. The van der Waals surface area contributed by atoms with Crippen molar-refractivity contribution < 1.29 is 18.4 Å². The van der Waals surface area contributed by atoms with Crippen LogP contribution in [0.4, 0.5) is 14.5 Å². The number of rotatable bonds is 2. The third-order valence-electron chi connectivity index (χ3n) is 4.25. The van der Waals surface area contributed by atoms with E-state index in [0.29, 0.717) is 26.1 Å². The Morgan fingerprint density at radius 3 is 2.59 bits per heavy atom. The van der Waals surface area contributed by atoms with Gasteiger partial charge in [-0.1, -0.05) is 0 Å². The number of halogens is 2. The molecule has 7 heteroatoms. The molecule has 22 heavy (non-hydrogen) atoms. The van der Waals surface area contributed by atoms with Crippen molar-refractivity contribution in [1.82, 2.24) is 4.90 Å². The number of nitrogens with two attached hydrogens (primary N) is 1. The van der Waals surface area contributed by atoms with Crippen molar-refractivity contribution in [3.63, 3.8) is 0 Å². The zero-order valence-corrected chi connectivity index (χ0v) is 12.0. The van der Waals surface area contributed by atoms with E-state index in [-0.39, 0.29) is 23.5 Å². The molecule has 0 aromatic heterocycles. The minimum atomic E-state index is -1.01. The third-order valence-corrected chi connectivity index (χ3v) is 4.25. The number of nitrogens with zero attached hydrogens (tertiary/aromatic N) is 2. The van der Waals surface area contributed by atoms with Gasteiger partial charge in [-0.2, -0.15) is 0 Å². The second-order valence-electron chi connectivity index (χ2n) is 5.76. The van der Waals surface area contributed by atoms with Gasteiger partial charge in [-0.3, -0.25) is 9.59 Å². The lowest BCUT2D eigenvalue weighted by Crippen LogP contribution is -2.40. The molecule has 2 fully saturated rings. The van der Waals surface area contributed by atoms with E-state index in [1.54, 1.807) is 4.90 Å². The van der Waals surface area contributed by atoms with Gasteiger partial charge in [-0.25, -0.2) is 8.78 Å². The highest BCUT2D eigenvalue weighted by Crippen LogP contribution is 2.28. The van der Waals surface area contributed by atoms with Gasteiger partial charge < -0.3 is 15.5 Å². The lowest BCUT2D eigenvalue weighted by molar-refractivity contribution is -0.139. The van der Waals surface area contributed by atoms with E-state index in [2.05, 4.69) is 0 Å². The molecule has 0 unspecified atom stereocenters. The summed E-state index contributed by atoms with van der Waals surface area (Å²) in [5.74, 6) is -3.31. The summed E-state index contributed by atoms with van der Waals surface area (Å²) in [4.78, 5) is 27.8. The summed E-state index contributed by atoms with van der Waals surface area (Å²) in [5.41, 5.74) is 6.05. The zero-order chi connectivity index (χ0) is 15.9. The van der Waals surface area contributed by atoms with Gasteiger partial charge in [0.25, 0.3) is 0 Å². The molecule has 2 atom stereocenters. The predicted molar refractivity (Wildman–Crippen MR) is 76.0 cm³/mol. The molecule has 2 saturated heterocycles. The fourth-order valence-corrected chi connectivity index (χ4v) is 3.03. The molecule has 5 nitrogen and oxygen atoms in total. The van der Waals surface area contributed by atoms with Crippen LogP contribution in [0.3, 0.4) is 0 Å². The Balaban J connectivity index is 1.74. The molecule has 0 bridgehead atoms. The van der Waals surface area contributed by atoms with Crippen molar-refractivity contribution in [2.24, 2.45) is 11.7 Å². The van der Waals surface area contributed by atoms with Gasteiger partial charge in [0.1, 0.15) is 5.92 Å². The quantitative estimate of drug-likeness (QED) is 0.825. The Hall–Kier alpha value is -2.02. The van der Waals surface area contributed by atoms with Crippen LogP contribution in [0.2, 0.25) is 0 Å². The maximum atomic E-state index is 13.3. The summed E-state index contributed by atoms with van der Waals surface area (Å²) in [6.07, 6.45) is 1.11. The minimum absolute atomic E-state index is 0.0391. The van der Waals surface area contributed by atoms with E-state index in [0.717, 1.165) is 18.6 Å². The number of likely N-dealkylation sites (tertiary alicyclic amines) is 1. The molecule has 1 aromatic carbocycles. The van der Waals surface area contributed by atoms with Crippen molar-refractivity contribution in [2.75, 3.05) is 24.5 Å². The number of carbonyl (C=O) groups is 2. The van der Waals surface area contributed by atoms with E-state index >= 15 is 0 Å². The van der Waals surface area contributed by atoms with Gasteiger partial charge in [0.05, 0.1) is 0 Å². The molecule has 0 aliphatic carbocycles. The molecule has 0 saturated carbocycles. The highest BCUT2D eigenvalue weighted by atomic mass is 19.2. The number of anilines is 1. The normalized spacial score (nSPS) is 25.1. The summed E-state index contributed by atoms with van der Waals surface area (Å²) >= 11 is 0. The van der Waals surface area contributed by atoms with Crippen LogP contribution in [-0.4, -0.2) is 42.4 Å². The number of hydrogen-bond donors (Lipinski definition) is 1. The molecule has 118 valence electrons. The van der Waals surface area contributed by atoms with Crippen molar-refractivity contribution in [1.29, 1.82) is 0 Å². The monoisotopic (exact) mass is 309 g/mol. The van der Waals surface area contributed by atoms with Gasteiger partial charge in [0, 0.05) is 37.4 Å². The smallest absolute Gasteiger partial charge is 0.239 e. The topological polar surface area (TPSA) is 66.6 Å². The average Bonchev–Trinajstić information content (AvgIpc) is 3.08. The Morgan fingerprint density at radius 2 is 1.95 bits per heavy atom. The average molecular weight is 309 g/mol. The SMILES string of the molecule is N[C@H]1CCN(C(=O)[C@H]2CCN(c3ccc(F)c(F)c3)C2=O)C1. The van der Waals surface area contributed by atoms with Crippen molar-refractivity contribution in [2.45, 2.75) is 18.9 Å². The molecule has 2 heterocycles. The lowest BCUT2D eigenvalue weighted by atomic mass is 10.1. The number of amides is 2. The van der Waals surface area contributed by atoms with Crippen LogP contribution in [-0.2, 0) is 9.59 Å². The molecular weight excluding hydrogens is 292 g/mol. The van der Waals surface area contributed by atoms with E-state index in [1.807, 2.05) is 0 Å². The first kappa shape index (κ1) is 14.9. The van der Waals surface area contributed by atoms with Gasteiger partial charge in [-0.05, 0) is 25.0 Å². The maximum Gasteiger partial charge on any atom is 0.239 e. The second-order valence-corrected chi connectivity index (χ2v) is 5.76. The van der Waals surface area contributed by atoms with Crippen LogP contribution < -0.4 is 10.6 Å². The van der Waals surface area contributed by atoms with Gasteiger partial charge in [-0.15, -0.1) is 0 Å². The van der Waals surface area contributed by atoms with Crippen molar-refractivity contribution in [3.8, 4) is 0 Å². The molecule has 2 N–H and O–H groups in total. The summed E-state index contributed by atoms with van der Waals surface area (Å²) in [6.45, 7) is 1.35. The Kier molecular flexibility index (Phi) is 3.82. The minimum Gasteiger partial charge on any atom is -0.340 e. The molecule has 2 aliphatic rings. The molecule has 2 aliphatic heterocycles. The summed E-state index contributed by atoms with van der Waals surface area (Å²) in [5, 5.41) is 0. The van der Waals surface area contributed by atoms with Crippen LogP contribution in [0.15, 0.2) is 18.2 Å². The van der Waals surface area contributed by atoms with E-state index in [1.165, 1.54) is 11.0 Å². The first-order valence-electron chi connectivity index (χ1n) is 7.28. The largest absolute Gasteiger partial charge is 0.340 e. The Labute approximate surface area is 126 Å². The molecule has 0 spiro atoms. The fourth-order valence-electron chi connectivity index (χ4n) is 3.03. The summed E-state index contributed by atoms with van der Waals surface area (Å²) < 4.78 is 26.3. The van der Waals surface area contributed by atoms with Crippen LogP contribution in [0.25, 0.3) is 0 Å². The first-order valence-corrected chi connectivity index (χ1v) is 7.28. The van der Waals surface area contributed by atoms with Crippen LogP contribution in [0.1, 0.15) is 12.8 Å². The highest BCUT2D eigenvalue weighted by molar-refractivity contribution is 6.09. The van der Waals surface area contributed by atoms with Gasteiger partial charge in [0.15, 0.2) is 11.6 Å². The van der Waals surface area contributed by atoms with Crippen molar-refractivity contribution in [3.05, 3.63) is 29.8 Å². The molecule has 0 radical (unpaired) electrons. The van der Waals surface area contributed by atoms with E-state index in [9.17, 15) is 18.4 Å². The van der Waals surface area contributed by atoms with Gasteiger partial charge in [0.2, 0.25) is 11.8 Å². The Bertz CT molecular complexity index is 623. The molecule has 1 aromatic rings. The molecule has 2 amide bonds. The fraction of sp³-hybridized carbons (Fsp3) is 0.467. The first-order chi connectivity index (χ1) is 10.5. The van der Waals surface area contributed by atoms with Crippen LogP contribution >= 0.6 is 0 Å². The van der Waals surface area contributed by atoms with E-state index < -0.39 is 17.6 Å². The van der Waals surface area contributed by atoms with Crippen molar-refractivity contribution >= 4 is 17.5 Å². The third kappa shape index (κ3) is 2.56. The van der Waals surface area contributed by atoms with E-state index in [4.69, 9.17) is 5.73 Å². The zero-order valence-electron chi connectivity index (χ0n) is 12.0. The summed E-state index contributed by atoms with van der Waals surface area (Å²) in [7, 11) is 0. The maximum absolute atomic E-state index is 13.3. The molecule has 3 rings (SSSR count). The summed E-state index contributed by atoms with van der Waals surface area (Å²) in [6, 6.07) is 3.26. The van der Waals surface area contributed by atoms with Crippen LogP contribution in [0.5, 0.6) is 0 Å². The predicted octanol–water partition coefficient (Wildman–Crippen LogP) is 0.877. The van der Waals surface area contributed by atoms with Gasteiger partial charge >= 0.3 is 0 Å². The highest BCUT2D eigenvalue weighted by Gasteiger charge is 2.41.